The normalized spacial score (nSPS) is 11.0. The molecule has 0 spiro atoms. The fourth-order valence-electron chi connectivity index (χ4n) is 2.09. The summed E-state index contributed by atoms with van der Waals surface area (Å²) >= 11 is 0. The molecule has 1 rings (SSSR count). The Hall–Kier alpha value is -1.62. The molecule has 5 heteroatoms. The second kappa shape index (κ2) is 9.34. The van der Waals surface area contributed by atoms with Gasteiger partial charge in [0.05, 0.1) is 11.9 Å². The molecule has 0 aliphatic rings. The Morgan fingerprint density at radius 3 is 2.52 bits per heavy atom. The van der Waals surface area contributed by atoms with E-state index < -0.39 is 0 Å². The first-order chi connectivity index (χ1) is 10.1. The summed E-state index contributed by atoms with van der Waals surface area (Å²) in [5, 5.41) is 6.19. The van der Waals surface area contributed by atoms with E-state index in [4.69, 9.17) is 0 Å². The van der Waals surface area contributed by atoms with Crippen LogP contribution < -0.4 is 10.6 Å². The fraction of sp³-hybridized carbons (Fsp3) is 0.625. The Labute approximate surface area is 128 Å². The van der Waals surface area contributed by atoms with Gasteiger partial charge in [-0.2, -0.15) is 0 Å². The van der Waals surface area contributed by atoms with Crippen LogP contribution in [0.5, 0.6) is 0 Å². The lowest BCUT2D eigenvalue weighted by molar-refractivity contribution is -0.120. The van der Waals surface area contributed by atoms with Gasteiger partial charge in [-0.1, -0.05) is 13.8 Å². The zero-order valence-corrected chi connectivity index (χ0v) is 13.6. The van der Waals surface area contributed by atoms with Gasteiger partial charge >= 0.3 is 0 Å². The topological polar surface area (TPSA) is 57.3 Å². The molecule has 0 fully saturated rings. The third-order valence-corrected chi connectivity index (χ3v) is 3.48. The first-order valence-corrected chi connectivity index (χ1v) is 7.72. The molecule has 0 aliphatic heterocycles. The van der Waals surface area contributed by atoms with Crippen molar-refractivity contribution < 1.29 is 4.79 Å². The maximum Gasteiger partial charge on any atom is 0.227 e. The number of anilines is 2. The zero-order chi connectivity index (χ0) is 15.7. The number of amides is 1. The standard InChI is InChI=1S/C16H28N4O/c1-5-13(6-2)16(21)19-14-8-9-15(18-12-14)17-10-7-11-20(3)4/h8-9,12-13H,5-7,10-11H2,1-4H3,(H,17,18)(H,19,21). The average molecular weight is 292 g/mol. The van der Waals surface area contributed by atoms with E-state index in [0.717, 1.165) is 43.9 Å². The van der Waals surface area contributed by atoms with Crippen LogP contribution >= 0.6 is 0 Å². The van der Waals surface area contributed by atoms with Gasteiger partial charge in [0.25, 0.3) is 0 Å². The number of hydrogen-bond acceptors (Lipinski definition) is 4. The minimum atomic E-state index is 0.0773. The Morgan fingerprint density at radius 2 is 2.00 bits per heavy atom. The monoisotopic (exact) mass is 292 g/mol. The van der Waals surface area contributed by atoms with Gasteiger partial charge in [-0.15, -0.1) is 0 Å². The fourth-order valence-corrected chi connectivity index (χ4v) is 2.09. The van der Waals surface area contributed by atoms with Gasteiger partial charge < -0.3 is 15.5 Å². The number of nitrogens with zero attached hydrogens (tertiary/aromatic N) is 2. The van der Waals surface area contributed by atoms with Crippen molar-refractivity contribution in [1.82, 2.24) is 9.88 Å². The molecule has 0 saturated carbocycles. The summed E-state index contributed by atoms with van der Waals surface area (Å²) in [7, 11) is 4.13. The molecule has 0 aliphatic carbocycles. The molecule has 1 aromatic heterocycles. The quantitative estimate of drug-likeness (QED) is 0.687. The van der Waals surface area contributed by atoms with Crippen molar-refractivity contribution >= 4 is 17.4 Å². The van der Waals surface area contributed by atoms with Crippen molar-refractivity contribution in [2.24, 2.45) is 5.92 Å². The van der Waals surface area contributed by atoms with Crippen LogP contribution in [0, 0.1) is 5.92 Å². The number of rotatable bonds is 9. The number of nitrogens with one attached hydrogen (secondary N) is 2. The van der Waals surface area contributed by atoms with E-state index in [9.17, 15) is 4.79 Å². The van der Waals surface area contributed by atoms with Crippen LogP contribution in [0.15, 0.2) is 18.3 Å². The van der Waals surface area contributed by atoms with Crippen molar-refractivity contribution in [3.8, 4) is 0 Å². The van der Waals surface area contributed by atoms with Crippen LogP contribution in [0.4, 0.5) is 11.5 Å². The molecule has 21 heavy (non-hydrogen) atoms. The minimum absolute atomic E-state index is 0.0773. The first-order valence-electron chi connectivity index (χ1n) is 7.72. The van der Waals surface area contributed by atoms with E-state index in [1.54, 1.807) is 6.20 Å². The second-order valence-corrected chi connectivity index (χ2v) is 5.52. The highest BCUT2D eigenvalue weighted by Crippen LogP contribution is 2.14. The van der Waals surface area contributed by atoms with Crippen molar-refractivity contribution in [3.05, 3.63) is 18.3 Å². The summed E-state index contributed by atoms with van der Waals surface area (Å²) < 4.78 is 0. The smallest absolute Gasteiger partial charge is 0.227 e. The van der Waals surface area contributed by atoms with Crippen LogP contribution in [-0.2, 0) is 4.79 Å². The highest BCUT2D eigenvalue weighted by Gasteiger charge is 2.13. The molecule has 2 N–H and O–H groups in total. The summed E-state index contributed by atoms with van der Waals surface area (Å²) in [5.41, 5.74) is 0.755. The molecule has 0 unspecified atom stereocenters. The Balaban J connectivity index is 2.41. The van der Waals surface area contributed by atoms with Crippen LogP contribution in [0.2, 0.25) is 0 Å². The van der Waals surface area contributed by atoms with E-state index >= 15 is 0 Å². The lowest BCUT2D eigenvalue weighted by Gasteiger charge is -2.13. The van der Waals surface area contributed by atoms with Crippen molar-refractivity contribution in [2.45, 2.75) is 33.1 Å². The van der Waals surface area contributed by atoms with Gasteiger partial charge in [0.2, 0.25) is 5.91 Å². The van der Waals surface area contributed by atoms with Crippen LogP contribution in [0.3, 0.4) is 0 Å². The Kier molecular flexibility index (Phi) is 7.75. The van der Waals surface area contributed by atoms with E-state index in [1.165, 1.54) is 0 Å². The number of carbonyl (C=O) groups excluding carboxylic acids is 1. The minimum Gasteiger partial charge on any atom is -0.370 e. The predicted molar refractivity (Wildman–Crippen MR) is 88.6 cm³/mol. The summed E-state index contributed by atoms with van der Waals surface area (Å²) in [6.45, 7) is 6.01. The van der Waals surface area contributed by atoms with Gasteiger partial charge in [0.1, 0.15) is 5.82 Å². The Bertz CT molecular complexity index is 413. The summed E-state index contributed by atoms with van der Waals surface area (Å²) in [6.07, 6.45) is 4.50. The molecular formula is C16H28N4O. The van der Waals surface area contributed by atoms with Gasteiger partial charge in [-0.3, -0.25) is 4.79 Å². The molecular weight excluding hydrogens is 264 g/mol. The lowest BCUT2D eigenvalue weighted by atomic mass is 10.0. The molecule has 0 saturated heterocycles. The summed E-state index contributed by atoms with van der Waals surface area (Å²) in [6, 6.07) is 3.79. The molecule has 5 nitrogen and oxygen atoms in total. The molecule has 1 aromatic rings. The largest absolute Gasteiger partial charge is 0.370 e. The first kappa shape index (κ1) is 17.4. The lowest BCUT2D eigenvalue weighted by Crippen LogP contribution is -2.21. The summed E-state index contributed by atoms with van der Waals surface area (Å²) in [4.78, 5) is 18.5. The SMILES string of the molecule is CCC(CC)C(=O)Nc1ccc(NCCCN(C)C)nc1. The molecule has 0 bridgehead atoms. The summed E-state index contributed by atoms with van der Waals surface area (Å²) in [5.74, 6) is 0.997. The van der Waals surface area contributed by atoms with Gasteiger partial charge in [0.15, 0.2) is 0 Å². The highest BCUT2D eigenvalue weighted by atomic mass is 16.1. The number of carbonyl (C=O) groups is 1. The predicted octanol–water partition coefficient (Wildman–Crippen LogP) is 2.82. The van der Waals surface area contributed by atoms with E-state index in [-0.39, 0.29) is 11.8 Å². The number of aromatic nitrogens is 1. The van der Waals surface area contributed by atoms with Gasteiger partial charge in [0, 0.05) is 12.5 Å². The van der Waals surface area contributed by atoms with E-state index in [1.807, 2.05) is 26.0 Å². The highest BCUT2D eigenvalue weighted by molar-refractivity contribution is 5.92. The van der Waals surface area contributed by atoms with Crippen molar-refractivity contribution in [2.75, 3.05) is 37.8 Å². The molecule has 0 aromatic carbocycles. The third-order valence-electron chi connectivity index (χ3n) is 3.48. The molecule has 1 heterocycles. The van der Waals surface area contributed by atoms with Crippen LogP contribution in [0.25, 0.3) is 0 Å². The molecule has 1 amide bonds. The van der Waals surface area contributed by atoms with Crippen molar-refractivity contribution in [1.29, 1.82) is 0 Å². The molecule has 0 atom stereocenters. The Morgan fingerprint density at radius 1 is 1.29 bits per heavy atom. The van der Waals surface area contributed by atoms with Crippen LogP contribution in [0.1, 0.15) is 33.1 Å². The number of pyridine rings is 1. The van der Waals surface area contributed by atoms with E-state index in [0.29, 0.717) is 0 Å². The maximum absolute atomic E-state index is 12.0. The van der Waals surface area contributed by atoms with Crippen molar-refractivity contribution in [3.63, 3.8) is 0 Å². The second-order valence-electron chi connectivity index (χ2n) is 5.52. The molecule has 118 valence electrons. The number of hydrogen-bond donors (Lipinski definition) is 2. The van der Waals surface area contributed by atoms with Gasteiger partial charge in [-0.05, 0) is 52.0 Å². The van der Waals surface area contributed by atoms with Crippen LogP contribution in [-0.4, -0.2) is 43.0 Å². The third kappa shape index (κ3) is 6.58. The average Bonchev–Trinajstić information content (AvgIpc) is 2.46. The molecule has 0 radical (unpaired) electrons. The zero-order valence-electron chi connectivity index (χ0n) is 13.6. The van der Waals surface area contributed by atoms with E-state index in [2.05, 4.69) is 34.6 Å². The van der Waals surface area contributed by atoms with Gasteiger partial charge in [-0.25, -0.2) is 4.98 Å². The maximum atomic E-state index is 12.0.